The van der Waals surface area contributed by atoms with Crippen LogP contribution in [0.1, 0.15) is 22.0 Å². The van der Waals surface area contributed by atoms with E-state index in [2.05, 4.69) is 57.7 Å². The van der Waals surface area contributed by atoms with Gasteiger partial charge in [-0.2, -0.15) is 15.4 Å². The van der Waals surface area contributed by atoms with Crippen LogP contribution in [-0.4, -0.2) is 57.8 Å². The molecule has 0 radical (unpaired) electrons. The van der Waals surface area contributed by atoms with Gasteiger partial charge in [0.1, 0.15) is 11.0 Å². The summed E-state index contributed by atoms with van der Waals surface area (Å²) in [6, 6.07) is 16.6. The van der Waals surface area contributed by atoms with E-state index >= 15 is 0 Å². The summed E-state index contributed by atoms with van der Waals surface area (Å²) >= 11 is 0. The number of rotatable bonds is 2. The van der Waals surface area contributed by atoms with Gasteiger partial charge >= 0.3 is 0 Å². The van der Waals surface area contributed by atoms with Gasteiger partial charge in [0, 0.05) is 37.2 Å². The number of carbonyl (C=O) groups excluding carboxylic acids is 1. The number of carbonyl (C=O) groups is 1. The van der Waals surface area contributed by atoms with Crippen LogP contribution >= 0.6 is 12.4 Å². The molecule has 0 unspecified atom stereocenters. The number of aromatic amines is 1. The Balaban J connectivity index is 0.00000180. The van der Waals surface area contributed by atoms with Crippen molar-refractivity contribution in [2.24, 2.45) is 11.8 Å². The van der Waals surface area contributed by atoms with Gasteiger partial charge in [0.25, 0.3) is 5.91 Å². The number of H-pyrrole nitrogens is 1. The molecule has 3 aromatic rings. The number of amides is 1. The molecule has 3 heterocycles. The summed E-state index contributed by atoms with van der Waals surface area (Å²) in [6.45, 7) is 2.68. The third kappa shape index (κ3) is 2.99. The van der Waals surface area contributed by atoms with Gasteiger partial charge in [-0.3, -0.25) is 9.69 Å². The van der Waals surface area contributed by atoms with Crippen LogP contribution in [0.4, 0.5) is 0 Å². The van der Waals surface area contributed by atoms with Gasteiger partial charge in [-0.05, 0) is 36.7 Å². The molecule has 0 bridgehead atoms. The minimum absolute atomic E-state index is 0. The molecule has 6 nitrogen and oxygen atoms in total. The monoisotopic (exact) mass is 383 g/mol. The van der Waals surface area contributed by atoms with Gasteiger partial charge in [-0.1, -0.05) is 30.3 Å². The lowest BCUT2D eigenvalue weighted by molar-refractivity contribution is 0.0768. The van der Waals surface area contributed by atoms with Crippen molar-refractivity contribution in [3.63, 3.8) is 0 Å². The molecule has 0 saturated carbocycles. The fourth-order valence-corrected chi connectivity index (χ4v) is 4.73. The summed E-state index contributed by atoms with van der Waals surface area (Å²) in [5.41, 5.74) is 3.56. The van der Waals surface area contributed by atoms with Gasteiger partial charge in [-0.15, -0.1) is 12.4 Å². The lowest BCUT2D eigenvalue weighted by Crippen LogP contribution is -2.33. The van der Waals surface area contributed by atoms with Crippen LogP contribution in [0.5, 0.6) is 0 Å². The molecule has 2 aromatic carbocycles. The molecule has 1 N–H and O–H groups in total. The number of nitrogens with zero attached hydrogens (tertiary/aromatic N) is 4. The topological polar surface area (TPSA) is 65.1 Å². The van der Waals surface area contributed by atoms with E-state index in [1.165, 1.54) is 5.56 Å². The number of halogens is 1. The zero-order valence-corrected chi connectivity index (χ0v) is 15.9. The Morgan fingerprint density at radius 2 is 1.81 bits per heavy atom. The summed E-state index contributed by atoms with van der Waals surface area (Å²) in [6.07, 6.45) is 0. The van der Waals surface area contributed by atoms with Gasteiger partial charge in [0.15, 0.2) is 0 Å². The van der Waals surface area contributed by atoms with Crippen LogP contribution in [-0.2, 0) is 0 Å². The predicted octanol–water partition coefficient (Wildman–Crippen LogP) is 2.75. The molecule has 1 aromatic heterocycles. The molecule has 0 spiro atoms. The van der Waals surface area contributed by atoms with Crippen molar-refractivity contribution in [1.29, 1.82) is 0 Å². The van der Waals surface area contributed by atoms with E-state index in [0.717, 1.165) is 30.7 Å². The van der Waals surface area contributed by atoms with Crippen molar-refractivity contribution in [2.45, 2.75) is 6.04 Å². The zero-order chi connectivity index (χ0) is 17.7. The maximum atomic E-state index is 13.0. The number of benzene rings is 2. The second kappa shape index (κ2) is 6.94. The number of nitrogens with one attached hydrogen (secondary N) is 1. The summed E-state index contributed by atoms with van der Waals surface area (Å²) in [4.78, 5) is 17.5. The number of hydrogen-bond donors (Lipinski definition) is 1. The van der Waals surface area contributed by atoms with Crippen molar-refractivity contribution >= 4 is 29.3 Å². The average molecular weight is 384 g/mol. The fraction of sp³-hybridized carbons (Fsp3) is 0.350. The van der Waals surface area contributed by atoms with E-state index in [1.807, 2.05) is 23.1 Å². The van der Waals surface area contributed by atoms with Crippen molar-refractivity contribution in [3.05, 3.63) is 59.7 Å². The van der Waals surface area contributed by atoms with Crippen LogP contribution in [0.2, 0.25) is 0 Å². The quantitative estimate of drug-likeness (QED) is 0.739. The van der Waals surface area contributed by atoms with E-state index in [4.69, 9.17) is 0 Å². The van der Waals surface area contributed by atoms with Crippen LogP contribution < -0.4 is 0 Å². The number of fused-ring (bicyclic) bond motifs is 2. The molecule has 5 rings (SSSR count). The molecule has 2 aliphatic heterocycles. The standard InChI is InChI=1S/C20H21N5O.ClH/c1-24-10-15-11-25(12-16(15)19(24)13-5-3-2-4-6-13)20(26)14-7-8-17-18(9-14)22-23-21-17;/h2-9,15-16,19H,10-12H2,1H3,(H,21,22,23);1H/t15-,16+,19-;/m0./s1. The number of likely N-dealkylation sites (tertiary alicyclic amines) is 2. The lowest BCUT2D eigenvalue weighted by Gasteiger charge is -2.27. The summed E-state index contributed by atoms with van der Waals surface area (Å²) < 4.78 is 0. The number of aromatic nitrogens is 3. The van der Waals surface area contributed by atoms with Crippen LogP contribution in [0.3, 0.4) is 0 Å². The van der Waals surface area contributed by atoms with Gasteiger partial charge in [0.05, 0.1) is 0 Å². The molecular formula is C20H22ClN5O. The Morgan fingerprint density at radius 1 is 1.04 bits per heavy atom. The van der Waals surface area contributed by atoms with E-state index in [1.54, 1.807) is 0 Å². The van der Waals surface area contributed by atoms with Crippen molar-refractivity contribution < 1.29 is 4.79 Å². The third-order valence-electron chi connectivity index (χ3n) is 5.89. The average Bonchev–Trinajstić information content (AvgIpc) is 3.35. The van der Waals surface area contributed by atoms with Crippen LogP contribution in [0.15, 0.2) is 48.5 Å². The molecule has 7 heteroatoms. The fourth-order valence-electron chi connectivity index (χ4n) is 4.73. The second-order valence-electron chi connectivity index (χ2n) is 7.46. The Hall–Kier alpha value is -2.44. The summed E-state index contributed by atoms with van der Waals surface area (Å²) in [7, 11) is 2.20. The van der Waals surface area contributed by atoms with Gasteiger partial charge in [-0.25, -0.2) is 0 Å². The molecule has 2 saturated heterocycles. The van der Waals surface area contributed by atoms with E-state index in [0.29, 0.717) is 23.4 Å². The molecule has 140 valence electrons. The van der Waals surface area contributed by atoms with Crippen LogP contribution in [0.25, 0.3) is 11.0 Å². The Kier molecular flexibility index (Phi) is 4.61. The van der Waals surface area contributed by atoms with E-state index in [-0.39, 0.29) is 18.3 Å². The van der Waals surface area contributed by atoms with E-state index in [9.17, 15) is 4.79 Å². The first kappa shape index (κ1) is 17.9. The molecule has 2 aliphatic rings. The normalized spacial score (nSPS) is 24.8. The van der Waals surface area contributed by atoms with Gasteiger partial charge in [0.2, 0.25) is 0 Å². The maximum absolute atomic E-state index is 13.0. The molecule has 0 aliphatic carbocycles. The first-order chi connectivity index (χ1) is 12.7. The minimum Gasteiger partial charge on any atom is -0.338 e. The van der Waals surface area contributed by atoms with Crippen molar-refractivity contribution in [3.8, 4) is 0 Å². The lowest BCUT2D eigenvalue weighted by atomic mass is 9.90. The molecule has 3 atom stereocenters. The molecule has 2 fully saturated rings. The van der Waals surface area contributed by atoms with Crippen LogP contribution in [0, 0.1) is 11.8 Å². The highest BCUT2D eigenvalue weighted by Crippen LogP contribution is 2.44. The minimum atomic E-state index is 0. The molecule has 27 heavy (non-hydrogen) atoms. The summed E-state index contributed by atoms with van der Waals surface area (Å²) in [5, 5.41) is 10.7. The third-order valence-corrected chi connectivity index (χ3v) is 5.89. The second-order valence-corrected chi connectivity index (χ2v) is 7.46. The zero-order valence-electron chi connectivity index (χ0n) is 15.1. The highest BCUT2D eigenvalue weighted by atomic mass is 35.5. The molecular weight excluding hydrogens is 362 g/mol. The largest absolute Gasteiger partial charge is 0.338 e. The maximum Gasteiger partial charge on any atom is 0.253 e. The Morgan fingerprint density at radius 3 is 2.63 bits per heavy atom. The van der Waals surface area contributed by atoms with Crippen molar-refractivity contribution in [1.82, 2.24) is 25.2 Å². The first-order valence-corrected chi connectivity index (χ1v) is 9.06. The summed E-state index contributed by atoms with van der Waals surface area (Å²) in [5.74, 6) is 1.12. The molecule has 1 amide bonds. The van der Waals surface area contributed by atoms with E-state index < -0.39 is 0 Å². The predicted molar refractivity (Wildman–Crippen MR) is 106 cm³/mol. The van der Waals surface area contributed by atoms with Gasteiger partial charge < -0.3 is 4.90 Å². The highest BCUT2D eigenvalue weighted by molar-refractivity contribution is 5.97. The smallest absolute Gasteiger partial charge is 0.253 e. The first-order valence-electron chi connectivity index (χ1n) is 9.06. The van der Waals surface area contributed by atoms with Crippen molar-refractivity contribution in [2.75, 3.05) is 26.7 Å². The Bertz CT molecular complexity index is 959. The highest BCUT2D eigenvalue weighted by Gasteiger charge is 2.47. The Labute approximate surface area is 163 Å². The SMILES string of the molecule is CN1C[C@H]2CN(C(=O)c3ccc4n[nH]nc4c3)C[C@H]2[C@@H]1c1ccccc1.Cl. The number of hydrogen-bond acceptors (Lipinski definition) is 4.